The largest absolute Gasteiger partial charge is 0.494 e. The van der Waals surface area contributed by atoms with Gasteiger partial charge >= 0.3 is 11.9 Å². The van der Waals surface area contributed by atoms with Crippen LogP contribution in [-0.4, -0.2) is 23.7 Å². The number of aliphatic carboxylic acids is 1. The molecule has 39 heavy (non-hydrogen) atoms. The highest BCUT2D eigenvalue weighted by Crippen LogP contribution is 2.40. The molecule has 0 aliphatic heterocycles. The third-order valence-corrected chi connectivity index (χ3v) is 8.02. The number of hydrogen-bond donors (Lipinski definition) is 1. The molecule has 0 fully saturated rings. The highest BCUT2D eigenvalue weighted by Gasteiger charge is 2.41. The zero-order valence-corrected chi connectivity index (χ0v) is 24.7. The fraction of sp³-hybridized carbons (Fsp3) is 0.647. The quantitative estimate of drug-likeness (QED) is 0.124. The average molecular weight is 541 g/mol. The van der Waals surface area contributed by atoms with Crippen molar-refractivity contribution in [2.24, 2.45) is 11.3 Å². The zero-order valence-electron chi connectivity index (χ0n) is 24.7. The first-order chi connectivity index (χ1) is 18.9. The van der Waals surface area contributed by atoms with Crippen LogP contribution in [-0.2, 0) is 9.53 Å². The average Bonchev–Trinajstić information content (AvgIpc) is 2.94. The van der Waals surface area contributed by atoms with Crippen LogP contribution in [0, 0.1) is 11.3 Å². The Morgan fingerprint density at radius 1 is 0.846 bits per heavy atom. The van der Waals surface area contributed by atoms with Crippen molar-refractivity contribution in [3.63, 3.8) is 0 Å². The molecule has 1 aromatic rings. The predicted octanol–water partition coefficient (Wildman–Crippen LogP) is 9.66. The van der Waals surface area contributed by atoms with Gasteiger partial charge in [0.2, 0.25) is 0 Å². The number of allylic oxidation sites excluding steroid dienone is 2. The van der Waals surface area contributed by atoms with Gasteiger partial charge in [-0.25, -0.2) is 4.79 Å². The number of carbonyl (C=O) groups is 2. The van der Waals surface area contributed by atoms with E-state index in [1.807, 2.05) is 6.92 Å². The van der Waals surface area contributed by atoms with Crippen molar-refractivity contribution in [3.8, 4) is 5.75 Å². The molecule has 5 heteroatoms. The molecule has 2 atom stereocenters. The van der Waals surface area contributed by atoms with Crippen molar-refractivity contribution < 1.29 is 24.2 Å². The number of carboxylic acid groups (broad SMARTS) is 1. The van der Waals surface area contributed by atoms with Crippen molar-refractivity contribution in [3.05, 3.63) is 53.8 Å². The third kappa shape index (κ3) is 11.6. The van der Waals surface area contributed by atoms with Crippen molar-refractivity contribution in [1.29, 1.82) is 0 Å². The number of hydrogen-bond acceptors (Lipinski definition) is 4. The smallest absolute Gasteiger partial charge is 0.343 e. The van der Waals surface area contributed by atoms with Crippen molar-refractivity contribution >= 4 is 11.9 Å². The van der Waals surface area contributed by atoms with Crippen LogP contribution in [0.3, 0.4) is 0 Å². The van der Waals surface area contributed by atoms with Gasteiger partial charge in [-0.2, -0.15) is 0 Å². The highest BCUT2D eigenvalue weighted by molar-refractivity contribution is 5.90. The Kier molecular flexibility index (Phi) is 15.6. The first-order valence-corrected chi connectivity index (χ1v) is 15.5. The summed E-state index contributed by atoms with van der Waals surface area (Å²) in [6, 6.07) is 7.02. The lowest BCUT2D eigenvalue weighted by Gasteiger charge is -2.33. The van der Waals surface area contributed by atoms with Crippen molar-refractivity contribution in [2.75, 3.05) is 6.61 Å². The first kappa shape index (κ1) is 32.7. The maximum Gasteiger partial charge on any atom is 0.343 e. The number of carbonyl (C=O) groups excluding carboxylic acids is 1. The summed E-state index contributed by atoms with van der Waals surface area (Å²) in [6.07, 6.45) is 23.7. The summed E-state index contributed by atoms with van der Waals surface area (Å²) in [7, 11) is 0. The summed E-state index contributed by atoms with van der Waals surface area (Å²) in [5.41, 5.74) is -0.509. The van der Waals surface area contributed by atoms with E-state index in [9.17, 15) is 14.7 Å². The standard InChI is InChI=1S/C34H52O5/c1-4-6-8-10-11-12-13-14-15-17-27-38-30-21-19-29(20-22-30)32(35)39-31-23-25-34(26-24-31,33(36)37)28(3)18-16-9-7-5-2/h19-25,28H,4-18,26-27H2,1-3H3,(H,36,37)/t28?,34-/m1/s1. The van der Waals surface area contributed by atoms with E-state index in [1.165, 1.54) is 64.2 Å². The molecule has 0 aromatic heterocycles. The minimum Gasteiger partial charge on any atom is -0.494 e. The molecule has 0 amide bonds. The fourth-order valence-corrected chi connectivity index (χ4v) is 5.21. The van der Waals surface area contributed by atoms with Gasteiger partial charge in [0.15, 0.2) is 0 Å². The van der Waals surface area contributed by atoms with Gasteiger partial charge in [0.1, 0.15) is 11.5 Å². The van der Waals surface area contributed by atoms with E-state index in [2.05, 4.69) is 13.8 Å². The van der Waals surface area contributed by atoms with Gasteiger partial charge < -0.3 is 14.6 Å². The minimum absolute atomic E-state index is 0.00414. The van der Waals surface area contributed by atoms with Gasteiger partial charge in [-0.3, -0.25) is 4.79 Å². The number of ether oxygens (including phenoxy) is 2. The normalized spacial score (nSPS) is 17.5. The second-order valence-corrected chi connectivity index (χ2v) is 11.2. The van der Waals surface area contributed by atoms with Crippen LogP contribution < -0.4 is 4.74 Å². The van der Waals surface area contributed by atoms with E-state index in [0.717, 1.165) is 37.9 Å². The van der Waals surface area contributed by atoms with E-state index in [0.29, 0.717) is 24.4 Å². The lowest BCUT2D eigenvalue weighted by atomic mass is 9.70. The van der Waals surface area contributed by atoms with E-state index in [-0.39, 0.29) is 5.92 Å². The van der Waals surface area contributed by atoms with Crippen molar-refractivity contribution in [1.82, 2.24) is 0 Å². The number of benzene rings is 1. The number of rotatable bonds is 21. The van der Waals surface area contributed by atoms with Crippen LogP contribution in [0.5, 0.6) is 5.75 Å². The number of carboxylic acids is 1. The van der Waals surface area contributed by atoms with Crippen LogP contribution >= 0.6 is 0 Å². The van der Waals surface area contributed by atoms with Crippen LogP contribution in [0.4, 0.5) is 0 Å². The predicted molar refractivity (Wildman–Crippen MR) is 159 cm³/mol. The molecule has 5 nitrogen and oxygen atoms in total. The summed E-state index contributed by atoms with van der Waals surface area (Å²) in [5, 5.41) is 9.99. The van der Waals surface area contributed by atoms with E-state index in [1.54, 1.807) is 42.5 Å². The molecule has 1 aliphatic rings. The molecule has 0 spiro atoms. The highest BCUT2D eigenvalue weighted by atomic mass is 16.5. The second kappa shape index (κ2) is 18.7. The summed E-state index contributed by atoms with van der Waals surface area (Å²) in [6.45, 7) is 7.11. The Bertz CT molecular complexity index is 901. The molecule has 0 saturated carbocycles. The Labute approximate surface area is 237 Å². The molecule has 0 heterocycles. The first-order valence-electron chi connectivity index (χ1n) is 15.5. The van der Waals surface area contributed by atoms with Gasteiger partial charge in [-0.15, -0.1) is 0 Å². The summed E-state index contributed by atoms with van der Waals surface area (Å²) < 4.78 is 11.4. The molecule has 0 saturated heterocycles. The Morgan fingerprint density at radius 3 is 1.95 bits per heavy atom. The molecule has 218 valence electrons. The molecule has 2 rings (SSSR count). The second-order valence-electron chi connectivity index (χ2n) is 11.2. The summed E-state index contributed by atoms with van der Waals surface area (Å²) in [4.78, 5) is 24.8. The molecular formula is C34H52O5. The molecule has 1 unspecified atom stereocenters. The van der Waals surface area contributed by atoms with Crippen molar-refractivity contribution in [2.45, 2.75) is 124 Å². The lowest BCUT2D eigenvalue weighted by molar-refractivity contribution is -0.148. The fourth-order valence-electron chi connectivity index (χ4n) is 5.21. The Balaban J connectivity index is 1.71. The third-order valence-electron chi connectivity index (χ3n) is 8.02. The van der Waals surface area contributed by atoms with Gasteiger partial charge in [0, 0.05) is 0 Å². The lowest BCUT2D eigenvalue weighted by Crippen LogP contribution is -2.36. The summed E-state index contributed by atoms with van der Waals surface area (Å²) in [5.74, 6) is -0.126. The van der Waals surface area contributed by atoms with E-state index in [4.69, 9.17) is 9.47 Å². The molecule has 0 radical (unpaired) electrons. The molecular weight excluding hydrogens is 488 g/mol. The van der Waals surface area contributed by atoms with Gasteiger partial charge in [-0.05, 0) is 61.6 Å². The van der Waals surface area contributed by atoms with E-state index >= 15 is 0 Å². The van der Waals surface area contributed by atoms with Crippen LogP contribution in [0.25, 0.3) is 0 Å². The van der Waals surface area contributed by atoms with E-state index < -0.39 is 17.4 Å². The Hall–Kier alpha value is -2.56. The Morgan fingerprint density at radius 2 is 1.41 bits per heavy atom. The number of esters is 1. The van der Waals surface area contributed by atoms with Crippen LogP contribution in [0.2, 0.25) is 0 Å². The van der Waals surface area contributed by atoms with Crippen LogP contribution in [0.1, 0.15) is 134 Å². The maximum absolute atomic E-state index is 12.7. The molecule has 0 bridgehead atoms. The maximum atomic E-state index is 12.7. The molecule has 1 N–H and O–H groups in total. The monoisotopic (exact) mass is 540 g/mol. The summed E-state index contributed by atoms with van der Waals surface area (Å²) >= 11 is 0. The van der Waals surface area contributed by atoms with Gasteiger partial charge in [0.25, 0.3) is 0 Å². The van der Waals surface area contributed by atoms with Crippen LogP contribution in [0.15, 0.2) is 48.3 Å². The topological polar surface area (TPSA) is 72.8 Å². The number of unbranched alkanes of at least 4 members (excludes halogenated alkanes) is 12. The van der Waals surface area contributed by atoms with Gasteiger partial charge in [-0.1, -0.05) is 110 Å². The molecule has 1 aliphatic carbocycles. The molecule has 1 aromatic carbocycles. The minimum atomic E-state index is -0.949. The van der Waals surface area contributed by atoms with Gasteiger partial charge in [0.05, 0.1) is 17.6 Å². The SMILES string of the molecule is CCCCCCCCCCCCOc1ccc(C(=O)OC2=CC[C@@](C(=O)O)(C(C)CCCCCC)C=C2)cc1. The zero-order chi connectivity index (χ0) is 28.3.